The first-order valence-corrected chi connectivity index (χ1v) is 20.4. The van der Waals surface area contributed by atoms with Gasteiger partial charge in [-0.2, -0.15) is 0 Å². The van der Waals surface area contributed by atoms with E-state index in [9.17, 15) is 28.6 Å². The van der Waals surface area contributed by atoms with Crippen molar-refractivity contribution in [3.05, 3.63) is 107 Å². The summed E-state index contributed by atoms with van der Waals surface area (Å²) >= 11 is 0. The summed E-state index contributed by atoms with van der Waals surface area (Å²) < 4.78 is 43.0. The number of carbonyl (C=O) groups excluding carboxylic acids is 2. The largest absolute Gasteiger partial charge is 0.444 e. The summed E-state index contributed by atoms with van der Waals surface area (Å²) in [6.07, 6.45) is 6.17. The summed E-state index contributed by atoms with van der Waals surface area (Å²) in [6.45, 7) is 15.9. The summed E-state index contributed by atoms with van der Waals surface area (Å²) in [5.74, 6) is 0.477. The summed E-state index contributed by atoms with van der Waals surface area (Å²) in [6, 6.07) is 12.2. The molecule has 3 aliphatic heterocycles. The van der Waals surface area contributed by atoms with Crippen LogP contribution in [-0.4, -0.2) is 142 Å². The van der Waals surface area contributed by atoms with E-state index in [1.165, 1.54) is 36.4 Å². The van der Waals surface area contributed by atoms with Crippen LogP contribution in [0.2, 0.25) is 0 Å². The number of amides is 2. The van der Waals surface area contributed by atoms with Gasteiger partial charge in [0.25, 0.3) is 0 Å². The number of hydrogen-bond acceptors (Lipinski definition) is 13. The predicted molar refractivity (Wildman–Crippen MR) is 223 cm³/mol. The standard InChI is InChI=1S/C22H29FN4O4.C22H27FN4O3/c1-21(2,3)31-20(30)27-10-8-26(9-11-27)19-24-12-17(13-25-19)22(14-28,15-29)16-4-6-18(23)7-5-16;1-21(2,3)30-20(28)27-10-8-26(9-11-27)19-24-12-17(13-25-19)22(14-29-15-22)16-4-6-18(23)7-5-16/h4-7,12-13,28-29H,8-11,14-15H2,1-3H3;4-7,12-13H,8-11,14-15H2,1-3H3. The van der Waals surface area contributed by atoms with Gasteiger partial charge in [-0.3, -0.25) is 0 Å². The van der Waals surface area contributed by atoms with Crippen LogP contribution in [0, 0.1) is 11.6 Å². The normalized spacial score (nSPS) is 16.9. The molecule has 0 bridgehead atoms. The molecule has 2 aromatic carbocycles. The van der Waals surface area contributed by atoms with Gasteiger partial charge in [-0.05, 0) is 76.9 Å². The molecule has 61 heavy (non-hydrogen) atoms. The molecule has 0 radical (unpaired) electrons. The second-order valence-electron chi connectivity index (χ2n) is 17.4. The van der Waals surface area contributed by atoms with E-state index in [-0.39, 0.29) is 36.6 Å². The van der Waals surface area contributed by atoms with Crippen molar-refractivity contribution < 1.29 is 42.8 Å². The van der Waals surface area contributed by atoms with E-state index < -0.39 is 22.4 Å². The minimum Gasteiger partial charge on any atom is -0.444 e. The lowest BCUT2D eigenvalue weighted by Gasteiger charge is -2.42. The van der Waals surface area contributed by atoms with Gasteiger partial charge in [0.2, 0.25) is 11.9 Å². The van der Waals surface area contributed by atoms with Gasteiger partial charge in [0.15, 0.2) is 0 Å². The molecule has 0 atom stereocenters. The van der Waals surface area contributed by atoms with Crippen molar-refractivity contribution in [3.8, 4) is 0 Å². The summed E-state index contributed by atoms with van der Waals surface area (Å²) in [5.41, 5.74) is 0.543. The van der Waals surface area contributed by atoms with Crippen molar-refractivity contribution in [1.82, 2.24) is 29.7 Å². The molecule has 4 aromatic rings. The molecule has 328 valence electrons. The molecule has 3 fully saturated rings. The molecule has 0 spiro atoms. The lowest BCUT2D eigenvalue weighted by Crippen LogP contribution is -2.50. The van der Waals surface area contributed by atoms with E-state index in [4.69, 9.17) is 14.2 Å². The molecule has 17 heteroatoms. The summed E-state index contributed by atoms with van der Waals surface area (Å²) in [4.78, 5) is 49.8. The maximum absolute atomic E-state index is 13.3. The van der Waals surface area contributed by atoms with E-state index in [1.54, 1.807) is 34.3 Å². The third-order valence-electron chi connectivity index (χ3n) is 10.8. The van der Waals surface area contributed by atoms with Crippen molar-refractivity contribution >= 4 is 24.1 Å². The minimum atomic E-state index is -1.14. The predicted octanol–water partition coefficient (Wildman–Crippen LogP) is 4.93. The Hall–Kier alpha value is -5.52. The maximum atomic E-state index is 13.3. The van der Waals surface area contributed by atoms with Crippen LogP contribution in [0.3, 0.4) is 0 Å². The van der Waals surface area contributed by atoms with Crippen LogP contribution in [0.4, 0.5) is 30.3 Å². The van der Waals surface area contributed by atoms with Crippen molar-refractivity contribution in [1.29, 1.82) is 0 Å². The number of nitrogens with zero attached hydrogens (tertiary/aromatic N) is 8. The number of aliphatic hydroxyl groups excluding tert-OH is 2. The van der Waals surface area contributed by atoms with Gasteiger partial charge < -0.3 is 44.0 Å². The molecular weight excluding hydrogens is 791 g/mol. The van der Waals surface area contributed by atoms with Gasteiger partial charge in [0, 0.05) is 88.3 Å². The Balaban J connectivity index is 0.000000204. The number of piperazine rings is 2. The first-order valence-electron chi connectivity index (χ1n) is 20.4. The van der Waals surface area contributed by atoms with Crippen molar-refractivity contribution in [3.63, 3.8) is 0 Å². The smallest absolute Gasteiger partial charge is 0.410 e. The van der Waals surface area contributed by atoms with E-state index in [0.29, 0.717) is 88.6 Å². The quantitative estimate of drug-likeness (QED) is 0.245. The third-order valence-corrected chi connectivity index (χ3v) is 10.8. The number of carbonyl (C=O) groups is 2. The van der Waals surface area contributed by atoms with Gasteiger partial charge in [-0.15, -0.1) is 0 Å². The molecule has 0 aliphatic carbocycles. The van der Waals surface area contributed by atoms with Crippen molar-refractivity contribution in [2.45, 2.75) is 63.6 Å². The lowest BCUT2D eigenvalue weighted by molar-refractivity contribution is -0.0383. The number of ether oxygens (including phenoxy) is 3. The Kier molecular flexibility index (Phi) is 13.7. The van der Waals surface area contributed by atoms with Crippen LogP contribution in [0.25, 0.3) is 0 Å². The van der Waals surface area contributed by atoms with E-state index in [1.807, 2.05) is 58.8 Å². The average molecular weight is 847 g/mol. The first-order chi connectivity index (χ1) is 28.9. The fourth-order valence-corrected chi connectivity index (χ4v) is 7.22. The zero-order valence-corrected chi connectivity index (χ0v) is 35.7. The number of halogens is 2. The number of anilines is 2. The zero-order valence-electron chi connectivity index (χ0n) is 35.7. The van der Waals surface area contributed by atoms with Crippen molar-refractivity contribution in [2.75, 3.05) is 88.6 Å². The maximum Gasteiger partial charge on any atom is 0.410 e. The van der Waals surface area contributed by atoms with Crippen molar-refractivity contribution in [2.24, 2.45) is 0 Å². The number of benzene rings is 2. The van der Waals surface area contributed by atoms with Crippen LogP contribution in [0.1, 0.15) is 63.8 Å². The van der Waals surface area contributed by atoms with Crippen LogP contribution in [0.5, 0.6) is 0 Å². The van der Waals surface area contributed by atoms with Gasteiger partial charge in [-0.1, -0.05) is 24.3 Å². The Morgan fingerprint density at radius 2 is 1.00 bits per heavy atom. The molecular formula is C44H56F2N8O7. The number of hydrogen-bond donors (Lipinski definition) is 2. The highest BCUT2D eigenvalue weighted by molar-refractivity contribution is 5.69. The number of aromatic nitrogens is 4. The van der Waals surface area contributed by atoms with E-state index >= 15 is 0 Å². The number of rotatable bonds is 8. The van der Waals surface area contributed by atoms with E-state index in [0.717, 1.165) is 11.1 Å². The summed E-state index contributed by atoms with van der Waals surface area (Å²) in [7, 11) is 0. The number of aliphatic hydroxyl groups is 2. The molecule has 5 heterocycles. The van der Waals surface area contributed by atoms with Crippen LogP contribution < -0.4 is 9.80 Å². The molecule has 7 rings (SSSR count). The first kappa shape index (κ1) is 45.0. The summed E-state index contributed by atoms with van der Waals surface area (Å²) in [5, 5.41) is 20.1. The monoisotopic (exact) mass is 846 g/mol. The zero-order chi connectivity index (χ0) is 44.0. The molecule has 0 saturated carbocycles. The van der Waals surface area contributed by atoms with Crippen LogP contribution in [0.15, 0.2) is 73.3 Å². The highest BCUT2D eigenvalue weighted by atomic mass is 19.1. The Morgan fingerprint density at radius 1 is 0.607 bits per heavy atom. The fraction of sp³-hybridized carbons (Fsp3) is 0.500. The molecule has 3 aliphatic rings. The second-order valence-corrected chi connectivity index (χ2v) is 17.4. The van der Waals surface area contributed by atoms with Gasteiger partial charge in [0.1, 0.15) is 22.8 Å². The molecule has 15 nitrogen and oxygen atoms in total. The molecule has 0 unspecified atom stereocenters. The Labute approximate surface area is 355 Å². The van der Waals surface area contributed by atoms with Gasteiger partial charge in [0.05, 0.1) is 37.3 Å². The minimum absolute atomic E-state index is 0.258. The SMILES string of the molecule is CC(C)(C)OC(=O)N1CCN(c2ncc(C(CO)(CO)c3ccc(F)cc3)cn2)CC1.CC(C)(C)OC(=O)N1CCN(c2ncc(C3(c4ccc(F)cc4)COC3)cn2)CC1. The molecule has 2 amide bonds. The Bertz CT molecular complexity index is 2060. The lowest BCUT2D eigenvalue weighted by atomic mass is 9.74. The molecule has 3 saturated heterocycles. The van der Waals surface area contributed by atoms with Gasteiger partial charge in [-0.25, -0.2) is 38.3 Å². The third kappa shape index (κ3) is 10.7. The second kappa shape index (κ2) is 18.6. The molecule has 2 aromatic heterocycles. The molecule has 2 N–H and O–H groups in total. The van der Waals surface area contributed by atoms with Crippen LogP contribution in [-0.2, 0) is 25.0 Å². The van der Waals surface area contributed by atoms with E-state index in [2.05, 4.69) is 24.8 Å². The van der Waals surface area contributed by atoms with Crippen LogP contribution >= 0.6 is 0 Å². The highest BCUT2D eigenvalue weighted by Crippen LogP contribution is 2.39. The average Bonchev–Trinajstić information content (AvgIpc) is 3.22. The fourth-order valence-electron chi connectivity index (χ4n) is 7.22. The topological polar surface area (TPSA) is 167 Å². The van der Waals surface area contributed by atoms with Gasteiger partial charge >= 0.3 is 12.2 Å². The highest BCUT2D eigenvalue weighted by Gasteiger charge is 2.43. The Morgan fingerprint density at radius 3 is 1.36 bits per heavy atom.